The van der Waals surface area contributed by atoms with Crippen LogP contribution in [0, 0.1) is 28.1 Å². The molecule has 3 rings (SSSR count). The zero-order chi connectivity index (χ0) is 18.3. The van der Waals surface area contributed by atoms with Crippen molar-refractivity contribution >= 4 is 5.97 Å². The van der Waals surface area contributed by atoms with E-state index in [0.717, 1.165) is 18.8 Å². The maximum absolute atomic E-state index is 10.9. The summed E-state index contributed by atoms with van der Waals surface area (Å²) in [6.07, 6.45) is 17.6. The van der Waals surface area contributed by atoms with E-state index in [9.17, 15) is 4.79 Å². The number of fused-ring (bicyclic) bond motifs is 3. The third-order valence-corrected chi connectivity index (χ3v) is 7.80. The molecule has 138 valence electrons. The summed E-state index contributed by atoms with van der Waals surface area (Å²) in [5.41, 5.74) is 2.51. The molecular formula is C23H34O2. The van der Waals surface area contributed by atoms with Crippen molar-refractivity contribution < 1.29 is 9.90 Å². The molecule has 0 aliphatic heterocycles. The molecule has 0 saturated heterocycles. The Bertz CT molecular complexity index is 616. The average molecular weight is 343 g/mol. The van der Waals surface area contributed by atoms with Crippen LogP contribution < -0.4 is 0 Å². The first-order valence-electron chi connectivity index (χ1n) is 9.96. The van der Waals surface area contributed by atoms with E-state index in [4.69, 9.17) is 5.11 Å². The molecule has 0 amide bonds. The average Bonchev–Trinajstić information content (AvgIpc) is 2.54. The Kier molecular flexibility index (Phi) is 4.77. The molecule has 5 atom stereocenters. The SMILES string of the molecule is C=C[C@@]1(C)CC=C2C(CCC3[C@](C)(C/C=C/C(=O)O)CCC[C@@]23C)C1. The number of rotatable bonds is 4. The number of hydrogen-bond acceptors (Lipinski definition) is 1. The lowest BCUT2D eigenvalue weighted by molar-refractivity contribution is -0.131. The molecule has 3 aliphatic rings. The molecule has 2 heteroatoms. The minimum absolute atomic E-state index is 0.226. The Labute approximate surface area is 153 Å². The van der Waals surface area contributed by atoms with Crippen molar-refractivity contribution in [2.24, 2.45) is 28.1 Å². The van der Waals surface area contributed by atoms with Gasteiger partial charge < -0.3 is 5.11 Å². The Morgan fingerprint density at radius 3 is 2.76 bits per heavy atom. The second-order valence-corrected chi connectivity index (χ2v) is 9.62. The minimum Gasteiger partial charge on any atom is -0.478 e. The molecule has 0 heterocycles. The summed E-state index contributed by atoms with van der Waals surface area (Å²) in [6.45, 7) is 11.3. The van der Waals surface area contributed by atoms with E-state index in [0.29, 0.717) is 11.3 Å². The van der Waals surface area contributed by atoms with E-state index in [-0.39, 0.29) is 10.8 Å². The van der Waals surface area contributed by atoms with Gasteiger partial charge in [0.15, 0.2) is 0 Å². The first-order valence-corrected chi connectivity index (χ1v) is 9.96. The predicted octanol–water partition coefficient (Wildman–Crippen LogP) is 6.15. The van der Waals surface area contributed by atoms with E-state index in [1.165, 1.54) is 44.6 Å². The van der Waals surface area contributed by atoms with Gasteiger partial charge in [0.05, 0.1) is 0 Å². The van der Waals surface area contributed by atoms with Gasteiger partial charge in [-0.1, -0.05) is 51.0 Å². The van der Waals surface area contributed by atoms with Crippen LogP contribution in [0.5, 0.6) is 0 Å². The van der Waals surface area contributed by atoms with Gasteiger partial charge in [-0.2, -0.15) is 0 Å². The van der Waals surface area contributed by atoms with Crippen LogP contribution in [0.15, 0.2) is 36.5 Å². The minimum atomic E-state index is -0.829. The topological polar surface area (TPSA) is 37.3 Å². The molecule has 2 nitrogen and oxygen atoms in total. The zero-order valence-electron chi connectivity index (χ0n) is 16.2. The molecule has 0 aromatic rings. The number of aliphatic carboxylic acids is 1. The number of hydrogen-bond donors (Lipinski definition) is 1. The van der Waals surface area contributed by atoms with Crippen LogP contribution in [-0.4, -0.2) is 11.1 Å². The normalized spacial score (nSPS) is 43.9. The van der Waals surface area contributed by atoms with Crippen LogP contribution in [0.2, 0.25) is 0 Å². The molecule has 0 spiro atoms. The molecule has 2 unspecified atom stereocenters. The molecule has 3 aliphatic carbocycles. The summed E-state index contributed by atoms with van der Waals surface area (Å²) in [4.78, 5) is 10.9. The highest BCUT2D eigenvalue weighted by atomic mass is 16.4. The number of allylic oxidation sites excluding steroid dienone is 4. The second-order valence-electron chi connectivity index (χ2n) is 9.62. The predicted molar refractivity (Wildman–Crippen MR) is 103 cm³/mol. The van der Waals surface area contributed by atoms with Gasteiger partial charge in [-0.3, -0.25) is 0 Å². The van der Waals surface area contributed by atoms with Crippen molar-refractivity contribution in [3.63, 3.8) is 0 Å². The summed E-state index contributed by atoms with van der Waals surface area (Å²) in [6, 6.07) is 0. The Morgan fingerprint density at radius 2 is 2.08 bits per heavy atom. The van der Waals surface area contributed by atoms with E-state index >= 15 is 0 Å². The summed E-state index contributed by atoms with van der Waals surface area (Å²) in [5.74, 6) is 0.558. The largest absolute Gasteiger partial charge is 0.478 e. The van der Waals surface area contributed by atoms with Gasteiger partial charge in [0.2, 0.25) is 0 Å². The fraction of sp³-hybridized carbons (Fsp3) is 0.696. The van der Waals surface area contributed by atoms with Crippen LogP contribution in [0.1, 0.15) is 72.1 Å². The number of carbonyl (C=O) groups is 1. The molecular weight excluding hydrogens is 308 g/mol. The molecule has 2 fully saturated rings. The quantitative estimate of drug-likeness (QED) is 0.491. The fourth-order valence-electron chi connectivity index (χ4n) is 6.42. The van der Waals surface area contributed by atoms with Crippen LogP contribution >= 0.6 is 0 Å². The maximum Gasteiger partial charge on any atom is 0.327 e. The molecule has 2 saturated carbocycles. The van der Waals surface area contributed by atoms with E-state index in [1.807, 2.05) is 6.08 Å². The van der Waals surface area contributed by atoms with E-state index in [1.54, 1.807) is 5.57 Å². The summed E-state index contributed by atoms with van der Waals surface area (Å²) >= 11 is 0. The van der Waals surface area contributed by atoms with Crippen LogP contribution in [0.4, 0.5) is 0 Å². The van der Waals surface area contributed by atoms with Crippen molar-refractivity contribution in [1.82, 2.24) is 0 Å². The van der Waals surface area contributed by atoms with Crippen LogP contribution in [0.25, 0.3) is 0 Å². The standard InChI is InChI=1S/C23H34O2/c1-5-21(2)15-11-18-17(16-21)9-10-19-22(3,12-6-8-20(24)25)13-7-14-23(18,19)4/h5-6,8,11,17,19H,1,7,9-10,12-16H2,2-4H3,(H,24,25)/b8-6+/t17?,19?,21-,22+,23-/m0/s1. The van der Waals surface area contributed by atoms with Crippen molar-refractivity contribution in [2.45, 2.75) is 72.1 Å². The number of carboxylic acid groups (broad SMARTS) is 1. The highest BCUT2D eigenvalue weighted by Gasteiger charge is 2.54. The zero-order valence-corrected chi connectivity index (χ0v) is 16.2. The van der Waals surface area contributed by atoms with Gasteiger partial charge in [-0.15, -0.1) is 6.58 Å². The highest BCUT2D eigenvalue weighted by molar-refractivity contribution is 5.79. The van der Waals surface area contributed by atoms with Gasteiger partial charge in [0, 0.05) is 6.08 Å². The summed E-state index contributed by atoms with van der Waals surface area (Å²) in [7, 11) is 0. The first-order chi connectivity index (χ1) is 11.7. The maximum atomic E-state index is 10.9. The fourth-order valence-corrected chi connectivity index (χ4v) is 6.42. The molecule has 0 bridgehead atoms. The third-order valence-electron chi connectivity index (χ3n) is 7.80. The highest BCUT2D eigenvalue weighted by Crippen LogP contribution is 2.64. The molecule has 0 aromatic heterocycles. The van der Waals surface area contributed by atoms with Gasteiger partial charge in [0.25, 0.3) is 0 Å². The monoisotopic (exact) mass is 342 g/mol. The summed E-state index contributed by atoms with van der Waals surface area (Å²) < 4.78 is 0. The Morgan fingerprint density at radius 1 is 1.32 bits per heavy atom. The van der Waals surface area contributed by atoms with Crippen molar-refractivity contribution in [1.29, 1.82) is 0 Å². The lowest BCUT2D eigenvalue weighted by Gasteiger charge is -2.59. The van der Waals surface area contributed by atoms with Crippen LogP contribution in [-0.2, 0) is 4.79 Å². The molecule has 25 heavy (non-hydrogen) atoms. The molecule has 0 aromatic carbocycles. The molecule has 1 N–H and O–H groups in total. The summed E-state index contributed by atoms with van der Waals surface area (Å²) in [5, 5.41) is 8.93. The van der Waals surface area contributed by atoms with Crippen LogP contribution in [0.3, 0.4) is 0 Å². The van der Waals surface area contributed by atoms with Gasteiger partial charge in [0.1, 0.15) is 0 Å². The van der Waals surface area contributed by atoms with Gasteiger partial charge >= 0.3 is 5.97 Å². The Balaban J connectivity index is 1.88. The van der Waals surface area contributed by atoms with Gasteiger partial charge in [-0.25, -0.2) is 4.79 Å². The Hall–Kier alpha value is -1.31. The van der Waals surface area contributed by atoms with Crippen molar-refractivity contribution in [2.75, 3.05) is 0 Å². The number of carboxylic acids is 1. The first kappa shape index (κ1) is 18.5. The third kappa shape index (κ3) is 3.25. The lowest BCUT2D eigenvalue weighted by Crippen LogP contribution is -2.49. The van der Waals surface area contributed by atoms with Crippen molar-refractivity contribution in [3.8, 4) is 0 Å². The van der Waals surface area contributed by atoms with E-state index in [2.05, 4.69) is 39.5 Å². The van der Waals surface area contributed by atoms with E-state index < -0.39 is 5.97 Å². The second kappa shape index (κ2) is 6.45. The molecule has 0 radical (unpaired) electrons. The smallest absolute Gasteiger partial charge is 0.327 e. The van der Waals surface area contributed by atoms with Gasteiger partial charge in [-0.05, 0) is 73.0 Å². The van der Waals surface area contributed by atoms with Crippen molar-refractivity contribution in [3.05, 3.63) is 36.5 Å². The lowest BCUT2D eigenvalue weighted by atomic mass is 9.45.